The van der Waals surface area contributed by atoms with Gasteiger partial charge in [-0.25, -0.2) is 18.6 Å². The Morgan fingerprint density at radius 3 is 2.43 bits per heavy atom. The lowest BCUT2D eigenvalue weighted by molar-refractivity contribution is -0.154. The van der Waals surface area contributed by atoms with Crippen LogP contribution in [0.25, 0.3) is 11.3 Å². The third-order valence-electron chi connectivity index (χ3n) is 3.71. The molecule has 2 rings (SSSR count). The van der Waals surface area contributed by atoms with Crippen LogP contribution in [0.3, 0.4) is 0 Å². The van der Waals surface area contributed by atoms with E-state index in [4.69, 9.17) is 9.15 Å². The standard InChI is InChI=1S/C20H23F2N3O5/c1-11(18(27)24-19(28)25-20(2,3)4)29-16(26)9-8-15-23-10-14(30-15)17-12(21)6-5-7-13(17)22/h5-7,10-11H,8-9H2,1-4H3,(H2,24,25,27,28). The summed E-state index contributed by atoms with van der Waals surface area (Å²) < 4.78 is 37.9. The summed E-state index contributed by atoms with van der Waals surface area (Å²) in [7, 11) is 0. The molecule has 0 radical (unpaired) electrons. The minimum absolute atomic E-state index is 0.00620. The maximum atomic E-state index is 13.8. The van der Waals surface area contributed by atoms with Crippen molar-refractivity contribution < 1.29 is 32.3 Å². The molecule has 3 amide bonds. The fourth-order valence-corrected chi connectivity index (χ4v) is 2.38. The van der Waals surface area contributed by atoms with E-state index in [1.807, 2.05) is 0 Å². The maximum absolute atomic E-state index is 13.8. The fraction of sp³-hybridized carbons (Fsp3) is 0.400. The van der Waals surface area contributed by atoms with Crippen molar-refractivity contribution in [2.24, 2.45) is 0 Å². The number of hydrogen-bond acceptors (Lipinski definition) is 6. The molecule has 0 fully saturated rings. The first kappa shape index (κ1) is 23.0. The average molecular weight is 423 g/mol. The van der Waals surface area contributed by atoms with E-state index in [9.17, 15) is 23.2 Å². The van der Waals surface area contributed by atoms with E-state index >= 15 is 0 Å². The minimum atomic E-state index is -1.20. The first-order valence-electron chi connectivity index (χ1n) is 9.18. The van der Waals surface area contributed by atoms with Crippen molar-refractivity contribution in [3.63, 3.8) is 0 Å². The Morgan fingerprint density at radius 1 is 1.20 bits per heavy atom. The van der Waals surface area contributed by atoms with Crippen LogP contribution in [0, 0.1) is 11.6 Å². The SMILES string of the molecule is CC(OC(=O)CCc1ncc(-c2c(F)cccc2F)o1)C(=O)NC(=O)NC(C)(C)C. The Balaban J connectivity index is 1.86. The molecule has 1 atom stereocenters. The molecule has 162 valence electrons. The molecule has 1 aromatic heterocycles. The van der Waals surface area contributed by atoms with Crippen LogP contribution >= 0.6 is 0 Å². The lowest BCUT2D eigenvalue weighted by Gasteiger charge is -2.21. The van der Waals surface area contributed by atoms with Gasteiger partial charge in [-0.2, -0.15) is 0 Å². The average Bonchev–Trinajstić information content (AvgIpc) is 3.06. The predicted octanol–water partition coefficient (Wildman–Crippen LogP) is 3.11. The zero-order chi connectivity index (χ0) is 22.5. The molecule has 0 saturated carbocycles. The molecule has 1 aromatic carbocycles. The summed E-state index contributed by atoms with van der Waals surface area (Å²) in [6.07, 6.45) is -0.235. The van der Waals surface area contributed by atoms with Gasteiger partial charge in [0, 0.05) is 12.0 Å². The number of amides is 3. The quantitative estimate of drug-likeness (QED) is 0.691. The number of oxazole rings is 1. The monoisotopic (exact) mass is 423 g/mol. The number of imide groups is 1. The zero-order valence-electron chi connectivity index (χ0n) is 17.0. The Kier molecular flexibility index (Phi) is 7.25. The molecule has 8 nitrogen and oxygen atoms in total. The van der Waals surface area contributed by atoms with E-state index < -0.39 is 41.2 Å². The molecular formula is C20H23F2N3O5. The van der Waals surface area contributed by atoms with E-state index in [0.29, 0.717) is 0 Å². The highest BCUT2D eigenvalue weighted by Gasteiger charge is 2.22. The highest BCUT2D eigenvalue weighted by Crippen LogP contribution is 2.26. The van der Waals surface area contributed by atoms with Crippen LogP contribution in [0.15, 0.2) is 28.8 Å². The fourth-order valence-electron chi connectivity index (χ4n) is 2.38. The van der Waals surface area contributed by atoms with Gasteiger partial charge in [0.05, 0.1) is 18.2 Å². The first-order valence-corrected chi connectivity index (χ1v) is 9.18. The Bertz CT molecular complexity index is 917. The predicted molar refractivity (Wildman–Crippen MR) is 102 cm³/mol. The van der Waals surface area contributed by atoms with Crippen molar-refractivity contribution >= 4 is 17.9 Å². The van der Waals surface area contributed by atoms with E-state index in [0.717, 1.165) is 18.3 Å². The highest BCUT2D eigenvalue weighted by molar-refractivity contribution is 5.97. The van der Waals surface area contributed by atoms with Gasteiger partial charge >= 0.3 is 12.0 Å². The van der Waals surface area contributed by atoms with Crippen LogP contribution in [0.4, 0.5) is 13.6 Å². The summed E-state index contributed by atoms with van der Waals surface area (Å²) in [5.74, 6) is -3.14. The Labute approximate surface area is 172 Å². The number of aromatic nitrogens is 1. The molecule has 2 aromatic rings. The zero-order valence-corrected chi connectivity index (χ0v) is 17.0. The van der Waals surface area contributed by atoms with Gasteiger partial charge in [-0.05, 0) is 39.8 Å². The lowest BCUT2D eigenvalue weighted by Crippen LogP contribution is -2.50. The molecule has 10 heteroatoms. The van der Waals surface area contributed by atoms with Gasteiger partial charge in [-0.3, -0.25) is 14.9 Å². The molecular weight excluding hydrogens is 400 g/mol. The second kappa shape index (κ2) is 9.47. The van der Waals surface area contributed by atoms with Crippen molar-refractivity contribution in [1.29, 1.82) is 0 Å². The molecule has 0 spiro atoms. The van der Waals surface area contributed by atoms with E-state index in [1.54, 1.807) is 20.8 Å². The van der Waals surface area contributed by atoms with Gasteiger partial charge in [0.15, 0.2) is 17.8 Å². The van der Waals surface area contributed by atoms with Crippen LogP contribution < -0.4 is 10.6 Å². The summed E-state index contributed by atoms with van der Waals surface area (Å²) in [6, 6.07) is 2.70. The minimum Gasteiger partial charge on any atom is -0.453 e. The molecule has 0 aliphatic rings. The number of esters is 1. The van der Waals surface area contributed by atoms with Crippen molar-refractivity contribution in [3.8, 4) is 11.3 Å². The van der Waals surface area contributed by atoms with Gasteiger partial charge in [0.2, 0.25) is 0 Å². The third-order valence-corrected chi connectivity index (χ3v) is 3.71. The Hall–Kier alpha value is -3.30. The van der Waals surface area contributed by atoms with Crippen LogP contribution in [-0.4, -0.2) is 34.5 Å². The highest BCUT2D eigenvalue weighted by atomic mass is 19.1. The van der Waals surface area contributed by atoms with Crippen LogP contribution in [0.2, 0.25) is 0 Å². The van der Waals surface area contributed by atoms with E-state index in [2.05, 4.69) is 15.6 Å². The number of carbonyl (C=O) groups is 3. The number of rotatable bonds is 6. The second-order valence-corrected chi connectivity index (χ2v) is 7.54. The van der Waals surface area contributed by atoms with Gasteiger partial charge in [0.25, 0.3) is 5.91 Å². The van der Waals surface area contributed by atoms with Crippen molar-refractivity contribution in [3.05, 3.63) is 41.9 Å². The smallest absolute Gasteiger partial charge is 0.321 e. The number of urea groups is 1. The van der Waals surface area contributed by atoms with Gasteiger partial charge in [-0.1, -0.05) is 6.07 Å². The Morgan fingerprint density at radius 2 is 1.83 bits per heavy atom. The number of aryl methyl sites for hydroxylation is 1. The molecule has 1 heterocycles. The summed E-state index contributed by atoms with van der Waals surface area (Å²) in [5, 5.41) is 4.62. The number of benzene rings is 1. The van der Waals surface area contributed by atoms with E-state index in [-0.39, 0.29) is 30.1 Å². The molecule has 0 aliphatic heterocycles. The second-order valence-electron chi connectivity index (χ2n) is 7.54. The van der Waals surface area contributed by atoms with Crippen molar-refractivity contribution in [2.75, 3.05) is 0 Å². The topological polar surface area (TPSA) is 111 Å². The van der Waals surface area contributed by atoms with E-state index in [1.165, 1.54) is 13.0 Å². The molecule has 0 aliphatic carbocycles. The van der Waals surface area contributed by atoms with Crippen LogP contribution in [0.1, 0.15) is 40.0 Å². The molecule has 30 heavy (non-hydrogen) atoms. The van der Waals surface area contributed by atoms with Crippen LogP contribution in [0.5, 0.6) is 0 Å². The number of halogens is 2. The molecule has 0 bridgehead atoms. The molecule has 0 saturated heterocycles. The molecule has 2 N–H and O–H groups in total. The van der Waals surface area contributed by atoms with Crippen molar-refractivity contribution in [2.45, 2.75) is 52.2 Å². The van der Waals surface area contributed by atoms with Crippen molar-refractivity contribution in [1.82, 2.24) is 15.6 Å². The maximum Gasteiger partial charge on any atom is 0.321 e. The van der Waals surface area contributed by atoms with Gasteiger partial charge in [-0.15, -0.1) is 0 Å². The number of carbonyl (C=O) groups excluding carboxylic acids is 3. The lowest BCUT2D eigenvalue weighted by atomic mass is 10.1. The number of hydrogen-bond donors (Lipinski definition) is 2. The summed E-state index contributed by atoms with van der Waals surface area (Å²) in [4.78, 5) is 39.4. The number of ether oxygens (including phenoxy) is 1. The third kappa shape index (κ3) is 6.64. The first-order chi connectivity index (χ1) is 14.0. The summed E-state index contributed by atoms with van der Waals surface area (Å²) in [5.41, 5.74) is -0.886. The summed E-state index contributed by atoms with van der Waals surface area (Å²) in [6.45, 7) is 6.56. The molecule has 1 unspecified atom stereocenters. The summed E-state index contributed by atoms with van der Waals surface area (Å²) >= 11 is 0. The number of nitrogens with one attached hydrogen (secondary N) is 2. The largest absolute Gasteiger partial charge is 0.453 e. The van der Waals surface area contributed by atoms with Gasteiger partial charge < -0.3 is 14.5 Å². The number of nitrogens with zero attached hydrogens (tertiary/aromatic N) is 1. The van der Waals surface area contributed by atoms with Gasteiger partial charge in [0.1, 0.15) is 11.6 Å². The van der Waals surface area contributed by atoms with Crippen LogP contribution in [-0.2, 0) is 20.7 Å². The normalized spacial score (nSPS) is 12.2.